The highest BCUT2D eigenvalue weighted by molar-refractivity contribution is 5.79. The number of benzene rings is 1. The quantitative estimate of drug-likeness (QED) is 0.674. The number of phenolic OH excluding ortho intramolecular Hbond substituents is 1. The Morgan fingerprint density at radius 3 is 2.71 bits per heavy atom. The summed E-state index contributed by atoms with van der Waals surface area (Å²) < 4.78 is 6.67. The number of rotatable bonds is 5. The first-order chi connectivity index (χ1) is 16.8. The number of carbonyl (C=O) groups is 1. The van der Waals surface area contributed by atoms with E-state index in [9.17, 15) is 15.0 Å². The SMILES string of the molecule is CC(C(=O)N(C)[C@@H]1CC[C@@]2(O)[C@H]3Cc4ccc(O)c5c4[C@@]2(CCN3CC2CC2)[C@H]1O5)C1CCCC1. The third-order valence-corrected chi connectivity index (χ3v) is 11.1. The number of amides is 1. The van der Waals surface area contributed by atoms with E-state index in [-0.39, 0.29) is 35.8 Å². The Hall–Kier alpha value is -1.79. The van der Waals surface area contributed by atoms with Gasteiger partial charge in [-0.1, -0.05) is 25.8 Å². The van der Waals surface area contributed by atoms with Crippen molar-refractivity contribution in [1.82, 2.24) is 9.80 Å². The van der Waals surface area contributed by atoms with E-state index in [1.54, 1.807) is 6.07 Å². The number of ether oxygens (including phenoxy) is 1. The Morgan fingerprint density at radius 2 is 1.97 bits per heavy atom. The van der Waals surface area contributed by atoms with Crippen LogP contribution in [-0.2, 0) is 16.6 Å². The Balaban J connectivity index is 1.28. The predicted octanol–water partition coefficient (Wildman–Crippen LogP) is 3.61. The number of phenols is 1. The van der Waals surface area contributed by atoms with Gasteiger partial charge in [0.15, 0.2) is 11.5 Å². The second-order valence-electron chi connectivity index (χ2n) is 12.7. The highest BCUT2D eigenvalue weighted by atomic mass is 16.5. The first-order valence-electron chi connectivity index (χ1n) is 14.1. The summed E-state index contributed by atoms with van der Waals surface area (Å²) in [5.41, 5.74) is 0.799. The maximum atomic E-state index is 13.7. The molecule has 1 unspecified atom stereocenters. The van der Waals surface area contributed by atoms with Crippen molar-refractivity contribution in [2.45, 2.75) is 100 Å². The number of likely N-dealkylation sites (tertiary alicyclic amines) is 1. The molecule has 0 aromatic heterocycles. The fourth-order valence-electron chi connectivity index (χ4n) is 9.00. The number of piperidine rings is 1. The standard InChI is InChI=1S/C29H40N2O4/c1-17(19-5-3-4-6-19)27(33)30(2)21-11-12-29(34)23-15-20-9-10-22(32)25-24(20)28(29,26(21)35-25)13-14-31(23)16-18-7-8-18/h9-10,17-19,21,23,26,32,34H,3-8,11-16H2,1-2H3/t17?,21-,23-,26+,28+,29-/m1/s1. The molecule has 1 saturated heterocycles. The molecule has 0 radical (unpaired) electrons. The second-order valence-corrected chi connectivity index (χ2v) is 12.7. The van der Waals surface area contributed by atoms with Gasteiger partial charge in [-0.25, -0.2) is 0 Å². The molecule has 1 spiro atoms. The maximum Gasteiger partial charge on any atom is 0.225 e. The Morgan fingerprint density at radius 1 is 1.20 bits per heavy atom. The van der Waals surface area contributed by atoms with E-state index >= 15 is 0 Å². The van der Waals surface area contributed by atoms with E-state index in [1.165, 1.54) is 31.2 Å². The largest absolute Gasteiger partial charge is 0.504 e. The Kier molecular flexibility index (Phi) is 4.87. The van der Waals surface area contributed by atoms with Crippen LogP contribution in [0.3, 0.4) is 0 Å². The molecule has 190 valence electrons. The fourth-order valence-corrected chi connectivity index (χ4v) is 9.00. The van der Waals surface area contributed by atoms with Gasteiger partial charge < -0.3 is 19.8 Å². The van der Waals surface area contributed by atoms with Gasteiger partial charge in [0, 0.05) is 31.1 Å². The van der Waals surface area contributed by atoms with Gasteiger partial charge in [0.1, 0.15) is 6.10 Å². The van der Waals surface area contributed by atoms with Crippen LogP contribution in [0, 0.1) is 17.8 Å². The molecule has 2 bridgehead atoms. The summed E-state index contributed by atoms with van der Waals surface area (Å²) in [5.74, 6) is 2.22. The molecule has 6 nitrogen and oxygen atoms in total. The number of aromatic hydroxyl groups is 1. The average Bonchev–Trinajstić information content (AvgIpc) is 3.35. The highest BCUT2D eigenvalue weighted by Crippen LogP contribution is 2.66. The lowest BCUT2D eigenvalue weighted by atomic mass is 9.48. The van der Waals surface area contributed by atoms with Crippen LogP contribution in [-0.4, -0.2) is 69.8 Å². The van der Waals surface area contributed by atoms with Crippen molar-refractivity contribution in [3.05, 3.63) is 23.3 Å². The maximum absolute atomic E-state index is 13.7. The molecule has 3 saturated carbocycles. The van der Waals surface area contributed by atoms with E-state index < -0.39 is 11.0 Å². The molecule has 6 atom stereocenters. The minimum absolute atomic E-state index is 0.0213. The van der Waals surface area contributed by atoms with Crippen molar-refractivity contribution in [1.29, 1.82) is 0 Å². The summed E-state index contributed by atoms with van der Waals surface area (Å²) in [4.78, 5) is 18.2. The second kappa shape index (κ2) is 7.61. The summed E-state index contributed by atoms with van der Waals surface area (Å²) >= 11 is 0. The van der Waals surface area contributed by atoms with Crippen molar-refractivity contribution in [3.8, 4) is 11.5 Å². The third-order valence-electron chi connectivity index (χ3n) is 11.1. The van der Waals surface area contributed by atoms with E-state index in [0.29, 0.717) is 18.1 Å². The summed E-state index contributed by atoms with van der Waals surface area (Å²) in [6.07, 6.45) is 10.1. The molecule has 2 aliphatic heterocycles. The zero-order chi connectivity index (χ0) is 24.1. The topological polar surface area (TPSA) is 73.2 Å². The molecule has 7 rings (SSSR count). The number of hydrogen-bond acceptors (Lipinski definition) is 5. The lowest BCUT2D eigenvalue weighted by molar-refractivity contribution is -0.201. The van der Waals surface area contributed by atoms with Gasteiger partial charge in [0.25, 0.3) is 0 Å². The minimum Gasteiger partial charge on any atom is -0.504 e. The van der Waals surface area contributed by atoms with Gasteiger partial charge in [-0.15, -0.1) is 0 Å². The number of nitrogens with zero attached hydrogens (tertiary/aromatic N) is 2. The lowest BCUT2D eigenvalue weighted by Crippen LogP contribution is -2.78. The normalized spacial score (nSPS) is 38.7. The molecule has 1 aromatic rings. The molecular weight excluding hydrogens is 440 g/mol. The van der Waals surface area contributed by atoms with Crippen molar-refractivity contribution in [2.75, 3.05) is 20.1 Å². The first-order valence-corrected chi connectivity index (χ1v) is 14.1. The van der Waals surface area contributed by atoms with Crippen molar-refractivity contribution in [3.63, 3.8) is 0 Å². The van der Waals surface area contributed by atoms with Crippen LogP contribution in [0.1, 0.15) is 75.8 Å². The van der Waals surface area contributed by atoms with E-state index in [4.69, 9.17) is 4.74 Å². The lowest BCUT2D eigenvalue weighted by Gasteiger charge is -2.64. The van der Waals surface area contributed by atoms with Gasteiger partial charge >= 0.3 is 0 Å². The molecule has 6 heteroatoms. The molecular formula is C29H40N2O4. The Labute approximate surface area is 208 Å². The Bertz CT molecular complexity index is 1050. The van der Waals surface area contributed by atoms with Crippen LogP contribution < -0.4 is 4.74 Å². The van der Waals surface area contributed by atoms with Crippen LogP contribution in [0.25, 0.3) is 0 Å². The number of hydrogen-bond donors (Lipinski definition) is 2. The molecule has 2 N–H and O–H groups in total. The molecule has 4 fully saturated rings. The van der Waals surface area contributed by atoms with E-state index in [1.807, 2.05) is 11.9 Å². The fraction of sp³-hybridized carbons (Fsp3) is 0.759. The van der Waals surface area contributed by atoms with E-state index in [0.717, 1.165) is 56.7 Å². The predicted molar refractivity (Wildman–Crippen MR) is 132 cm³/mol. The third kappa shape index (κ3) is 2.93. The zero-order valence-corrected chi connectivity index (χ0v) is 21.2. The van der Waals surface area contributed by atoms with Crippen molar-refractivity contribution in [2.24, 2.45) is 17.8 Å². The minimum atomic E-state index is -0.895. The number of aliphatic hydroxyl groups is 1. The summed E-state index contributed by atoms with van der Waals surface area (Å²) in [5, 5.41) is 23.5. The van der Waals surface area contributed by atoms with Crippen LogP contribution in [0.2, 0.25) is 0 Å². The van der Waals surface area contributed by atoms with Crippen LogP contribution >= 0.6 is 0 Å². The molecule has 2 heterocycles. The summed E-state index contributed by atoms with van der Waals surface area (Å²) in [7, 11) is 1.95. The smallest absolute Gasteiger partial charge is 0.225 e. The number of likely N-dealkylation sites (N-methyl/N-ethyl adjacent to an activating group) is 1. The van der Waals surface area contributed by atoms with Gasteiger partial charge in [-0.05, 0) is 81.4 Å². The van der Waals surface area contributed by atoms with Crippen LogP contribution in [0.15, 0.2) is 12.1 Å². The van der Waals surface area contributed by atoms with Crippen molar-refractivity contribution >= 4 is 5.91 Å². The average molecular weight is 481 g/mol. The van der Waals surface area contributed by atoms with Gasteiger partial charge in [-0.2, -0.15) is 0 Å². The zero-order valence-electron chi connectivity index (χ0n) is 21.2. The van der Waals surface area contributed by atoms with Gasteiger partial charge in [0.05, 0.1) is 17.1 Å². The van der Waals surface area contributed by atoms with Crippen molar-refractivity contribution < 1.29 is 19.7 Å². The summed E-state index contributed by atoms with van der Waals surface area (Å²) in [6, 6.07) is 3.79. The van der Waals surface area contributed by atoms with Crippen LogP contribution in [0.4, 0.5) is 0 Å². The van der Waals surface area contributed by atoms with Gasteiger partial charge in [-0.3, -0.25) is 9.69 Å². The first kappa shape index (κ1) is 22.4. The number of carbonyl (C=O) groups excluding carboxylic acids is 1. The van der Waals surface area contributed by atoms with Gasteiger partial charge in [0.2, 0.25) is 5.91 Å². The molecule has 6 aliphatic rings. The molecule has 1 amide bonds. The molecule has 1 aromatic carbocycles. The molecule has 4 aliphatic carbocycles. The summed E-state index contributed by atoms with van der Waals surface area (Å²) in [6.45, 7) is 4.13. The highest BCUT2D eigenvalue weighted by Gasteiger charge is 2.73. The van der Waals surface area contributed by atoms with Crippen LogP contribution in [0.5, 0.6) is 11.5 Å². The monoisotopic (exact) mass is 480 g/mol. The molecule has 35 heavy (non-hydrogen) atoms. The van der Waals surface area contributed by atoms with E-state index in [2.05, 4.69) is 17.9 Å².